The summed E-state index contributed by atoms with van der Waals surface area (Å²) < 4.78 is 5.57. The fraction of sp³-hybridized carbons (Fsp3) is 0.350. The second-order valence-corrected chi connectivity index (χ2v) is 6.28. The largest absolute Gasteiger partial charge is 0.492 e. The number of benzene rings is 1. The summed E-state index contributed by atoms with van der Waals surface area (Å²) in [5.74, 6) is 0.645. The van der Waals surface area contributed by atoms with Gasteiger partial charge in [0.05, 0.1) is 24.7 Å². The number of rotatable bonds is 7. The molecule has 1 aliphatic rings. The molecule has 3 rings (SSSR count). The normalized spacial score (nSPS) is 17.0. The van der Waals surface area contributed by atoms with Crippen LogP contribution in [0.1, 0.15) is 18.5 Å². The summed E-state index contributed by atoms with van der Waals surface area (Å²) in [4.78, 5) is 30.5. The SMILES string of the molecule is O=C(NCCOc1ccccc1)[C@@H]1CCC(=O)N(Cc2ccccn2)C1. The molecule has 0 unspecified atom stereocenters. The molecule has 2 heterocycles. The van der Waals surface area contributed by atoms with E-state index in [9.17, 15) is 9.59 Å². The number of hydrogen-bond donors (Lipinski definition) is 1. The number of nitrogens with one attached hydrogen (secondary N) is 1. The van der Waals surface area contributed by atoms with E-state index in [1.54, 1.807) is 11.1 Å². The Morgan fingerprint density at radius 1 is 1.19 bits per heavy atom. The Bertz CT molecular complexity index is 722. The van der Waals surface area contributed by atoms with Gasteiger partial charge in [0.2, 0.25) is 11.8 Å². The van der Waals surface area contributed by atoms with E-state index in [0.29, 0.717) is 39.1 Å². The van der Waals surface area contributed by atoms with Crippen LogP contribution in [0.3, 0.4) is 0 Å². The molecule has 26 heavy (non-hydrogen) atoms. The molecule has 6 heteroatoms. The molecule has 0 saturated carbocycles. The average Bonchev–Trinajstić information content (AvgIpc) is 2.68. The monoisotopic (exact) mass is 353 g/mol. The van der Waals surface area contributed by atoms with Gasteiger partial charge in [-0.05, 0) is 30.7 Å². The van der Waals surface area contributed by atoms with Crippen molar-refractivity contribution in [1.29, 1.82) is 0 Å². The molecule has 1 atom stereocenters. The maximum Gasteiger partial charge on any atom is 0.225 e. The number of piperidine rings is 1. The zero-order valence-corrected chi connectivity index (χ0v) is 14.6. The first-order valence-corrected chi connectivity index (χ1v) is 8.85. The van der Waals surface area contributed by atoms with Crippen molar-refractivity contribution in [3.05, 3.63) is 60.4 Å². The number of nitrogens with zero attached hydrogens (tertiary/aromatic N) is 2. The molecular weight excluding hydrogens is 330 g/mol. The molecule has 2 aromatic rings. The first-order chi connectivity index (χ1) is 12.7. The predicted octanol–water partition coefficient (Wildman–Crippen LogP) is 2.02. The Hall–Kier alpha value is -2.89. The van der Waals surface area contributed by atoms with E-state index in [0.717, 1.165) is 11.4 Å². The third kappa shape index (κ3) is 5.05. The Morgan fingerprint density at radius 2 is 2.00 bits per heavy atom. The predicted molar refractivity (Wildman–Crippen MR) is 97.3 cm³/mol. The van der Waals surface area contributed by atoms with E-state index in [1.807, 2.05) is 48.5 Å². The Labute approximate surface area is 153 Å². The van der Waals surface area contributed by atoms with E-state index in [-0.39, 0.29) is 17.7 Å². The molecule has 6 nitrogen and oxygen atoms in total. The van der Waals surface area contributed by atoms with Crippen LogP contribution in [0.25, 0.3) is 0 Å². The number of carbonyl (C=O) groups is 2. The summed E-state index contributed by atoms with van der Waals surface area (Å²) in [6.45, 7) is 1.73. The minimum absolute atomic E-state index is 0.0276. The third-order valence-corrected chi connectivity index (χ3v) is 4.36. The van der Waals surface area contributed by atoms with E-state index in [1.165, 1.54) is 0 Å². The fourth-order valence-electron chi connectivity index (χ4n) is 2.97. The average molecular weight is 353 g/mol. The molecule has 1 fully saturated rings. The molecule has 0 spiro atoms. The molecule has 1 aromatic carbocycles. The number of aromatic nitrogens is 1. The topological polar surface area (TPSA) is 71.5 Å². The lowest BCUT2D eigenvalue weighted by Crippen LogP contribution is -2.46. The van der Waals surface area contributed by atoms with Crippen molar-refractivity contribution in [3.63, 3.8) is 0 Å². The Morgan fingerprint density at radius 3 is 2.77 bits per heavy atom. The number of ether oxygens (including phenoxy) is 1. The lowest BCUT2D eigenvalue weighted by atomic mass is 9.96. The molecule has 1 N–H and O–H groups in total. The van der Waals surface area contributed by atoms with Gasteiger partial charge >= 0.3 is 0 Å². The fourth-order valence-corrected chi connectivity index (χ4v) is 2.97. The van der Waals surface area contributed by atoms with Crippen molar-refractivity contribution < 1.29 is 14.3 Å². The highest BCUT2D eigenvalue weighted by molar-refractivity contribution is 5.83. The van der Waals surface area contributed by atoms with Gasteiger partial charge in [-0.15, -0.1) is 0 Å². The minimum atomic E-state index is -0.187. The van der Waals surface area contributed by atoms with Gasteiger partial charge in [0.25, 0.3) is 0 Å². The maximum absolute atomic E-state index is 12.4. The number of pyridine rings is 1. The lowest BCUT2D eigenvalue weighted by Gasteiger charge is -2.31. The minimum Gasteiger partial charge on any atom is -0.492 e. The zero-order chi connectivity index (χ0) is 18.2. The van der Waals surface area contributed by atoms with E-state index in [4.69, 9.17) is 4.74 Å². The van der Waals surface area contributed by atoms with Crippen molar-refractivity contribution in [3.8, 4) is 5.75 Å². The Balaban J connectivity index is 1.44. The first-order valence-electron chi connectivity index (χ1n) is 8.85. The van der Waals surface area contributed by atoms with Crippen molar-refractivity contribution in [2.75, 3.05) is 19.7 Å². The number of carbonyl (C=O) groups excluding carboxylic acids is 2. The molecule has 1 saturated heterocycles. The number of para-hydroxylation sites is 1. The first kappa shape index (κ1) is 17.9. The van der Waals surface area contributed by atoms with Crippen LogP contribution in [-0.4, -0.2) is 41.4 Å². The van der Waals surface area contributed by atoms with Crippen LogP contribution in [0, 0.1) is 5.92 Å². The van der Waals surface area contributed by atoms with Crippen LogP contribution in [-0.2, 0) is 16.1 Å². The number of likely N-dealkylation sites (tertiary alicyclic amines) is 1. The number of hydrogen-bond acceptors (Lipinski definition) is 4. The lowest BCUT2D eigenvalue weighted by molar-refractivity contribution is -0.139. The highest BCUT2D eigenvalue weighted by Crippen LogP contribution is 2.19. The highest BCUT2D eigenvalue weighted by atomic mass is 16.5. The van der Waals surface area contributed by atoms with Gasteiger partial charge in [0.1, 0.15) is 12.4 Å². The summed E-state index contributed by atoms with van der Waals surface area (Å²) >= 11 is 0. The molecule has 2 amide bonds. The van der Waals surface area contributed by atoms with Crippen molar-refractivity contribution in [2.45, 2.75) is 19.4 Å². The molecule has 0 bridgehead atoms. The van der Waals surface area contributed by atoms with E-state index < -0.39 is 0 Å². The number of amides is 2. The van der Waals surface area contributed by atoms with Crippen LogP contribution in [0.15, 0.2) is 54.7 Å². The molecule has 136 valence electrons. The standard InChI is InChI=1S/C20H23N3O3/c24-19-10-9-16(14-23(19)15-17-6-4-5-11-21-17)20(25)22-12-13-26-18-7-2-1-3-8-18/h1-8,11,16H,9-10,12-15H2,(H,22,25)/t16-/m1/s1. The van der Waals surface area contributed by atoms with Gasteiger partial charge in [0.15, 0.2) is 0 Å². The maximum atomic E-state index is 12.4. The highest BCUT2D eigenvalue weighted by Gasteiger charge is 2.30. The van der Waals surface area contributed by atoms with Crippen molar-refractivity contribution >= 4 is 11.8 Å². The van der Waals surface area contributed by atoms with Gasteiger partial charge in [-0.3, -0.25) is 14.6 Å². The van der Waals surface area contributed by atoms with Crippen molar-refractivity contribution in [2.24, 2.45) is 5.92 Å². The summed E-state index contributed by atoms with van der Waals surface area (Å²) in [6.07, 6.45) is 2.69. The molecule has 0 radical (unpaired) electrons. The van der Waals surface area contributed by atoms with Gasteiger partial charge in [-0.1, -0.05) is 24.3 Å². The van der Waals surface area contributed by atoms with Crippen LogP contribution < -0.4 is 10.1 Å². The van der Waals surface area contributed by atoms with Gasteiger partial charge in [-0.25, -0.2) is 0 Å². The molecule has 1 aliphatic heterocycles. The van der Waals surface area contributed by atoms with Crippen molar-refractivity contribution in [1.82, 2.24) is 15.2 Å². The Kier molecular flexibility index (Phi) is 6.19. The quantitative estimate of drug-likeness (QED) is 0.773. The van der Waals surface area contributed by atoms with Crippen LogP contribution in [0.4, 0.5) is 0 Å². The second kappa shape index (κ2) is 8.99. The third-order valence-electron chi connectivity index (χ3n) is 4.36. The van der Waals surface area contributed by atoms with Crippen LogP contribution in [0.5, 0.6) is 5.75 Å². The zero-order valence-electron chi connectivity index (χ0n) is 14.6. The van der Waals surface area contributed by atoms with Crippen LogP contribution in [0.2, 0.25) is 0 Å². The van der Waals surface area contributed by atoms with Gasteiger partial charge < -0.3 is 15.0 Å². The summed E-state index contributed by atoms with van der Waals surface area (Å²) in [5.41, 5.74) is 0.832. The molecule has 1 aromatic heterocycles. The summed E-state index contributed by atoms with van der Waals surface area (Å²) in [7, 11) is 0. The summed E-state index contributed by atoms with van der Waals surface area (Å²) in [5, 5.41) is 2.90. The van der Waals surface area contributed by atoms with E-state index >= 15 is 0 Å². The van der Waals surface area contributed by atoms with Gasteiger partial charge in [-0.2, -0.15) is 0 Å². The smallest absolute Gasteiger partial charge is 0.225 e. The molecular formula is C20H23N3O3. The second-order valence-electron chi connectivity index (χ2n) is 6.28. The van der Waals surface area contributed by atoms with E-state index in [2.05, 4.69) is 10.3 Å². The summed E-state index contributed by atoms with van der Waals surface area (Å²) in [6, 6.07) is 15.1. The molecule has 0 aliphatic carbocycles. The van der Waals surface area contributed by atoms with Crippen LogP contribution >= 0.6 is 0 Å². The van der Waals surface area contributed by atoms with Gasteiger partial charge in [0, 0.05) is 19.2 Å².